The van der Waals surface area contributed by atoms with Gasteiger partial charge in [0.2, 0.25) is 0 Å². The molecule has 0 saturated carbocycles. The van der Waals surface area contributed by atoms with E-state index in [0.29, 0.717) is 16.9 Å². The summed E-state index contributed by atoms with van der Waals surface area (Å²) < 4.78 is 0. The van der Waals surface area contributed by atoms with E-state index in [1.54, 1.807) is 13.0 Å². The fraction of sp³-hybridized carbons (Fsp3) is 0.455. The van der Waals surface area contributed by atoms with Gasteiger partial charge in [-0.3, -0.25) is 9.78 Å². The van der Waals surface area contributed by atoms with Crippen LogP contribution in [0, 0.1) is 6.92 Å². The molecule has 0 spiro atoms. The van der Waals surface area contributed by atoms with Gasteiger partial charge in [-0.05, 0) is 13.0 Å². The molecular weight excluding hydrogens is 240 g/mol. The molecule has 0 aromatic carbocycles. The van der Waals surface area contributed by atoms with Gasteiger partial charge >= 0.3 is 0 Å². The van der Waals surface area contributed by atoms with E-state index in [4.69, 9.17) is 5.73 Å². The summed E-state index contributed by atoms with van der Waals surface area (Å²) in [5.74, 6) is 0.144. The molecule has 1 heterocycles. The molecule has 2 atom stereocenters. The van der Waals surface area contributed by atoms with Crippen LogP contribution in [0.15, 0.2) is 12.3 Å². The van der Waals surface area contributed by atoms with E-state index in [-0.39, 0.29) is 10.9 Å². The second-order valence-corrected chi connectivity index (χ2v) is 4.95. The summed E-state index contributed by atoms with van der Waals surface area (Å²) in [5.41, 5.74) is 7.10. The highest BCUT2D eigenvalue weighted by molar-refractivity contribution is 8.13. The van der Waals surface area contributed by atoms with Crippen molar-refractivity contribution < 1.29 is 15.0 Å². The molecule has 1 rings (SSSR count). The number of aliphatic hydroxyl groups excluding tert-OH is 2. The number of aromatic nitrogens is 1. The third-order valence-electron chi connectivity index (χ3n) is 2.29. The van der Waals surface area contributed by atoms with E-state index >= 15 is 0 Å². The molecule has 1 aromatic rings. The van der Waals surface area contributed by atoms with Crippen LogP contribution in [0.5, 0.6) is 0 Å². The molecular formula is C11H16N2O3S. The van der Waals surface area contributed by atoms with Gasteiger partial charge in [-0.15, -0.1) is 0 Å². The number of aryl methyl sites for hydroxylation is 1. The Balaban J connectivity index is 2.77. The zero-order chi connectivity index (χ0) is 13.0. The number of carbonyl (C=O) groups excluding carboxylic acids is 1. The highest BCUT2D eigenvalue weighted by Gasteiger charge is 2.21. The van der Waals surface area contributed by atoms with Crippen molar-refractivity contribution in [2.45, 2.75) is 26.1 Å². The smallest absolute Gasteiger partial charge is 0.185 e. The van der Waals surface area contributed by atoms with Gasteiger partial charge in [0, 0.05) is 23.9 Å². The van der Waals surface area contributed by atoms with Crippen LogP contribution in [0.3, 0.4) is 0 Å². The SMILES string of the molecule is CC(=O)SCC(O)C(O)c1cc(N)cnc1C. The standard InChI is InChI=1S/C11H16N2O3S/c1-6-9(3-8(12)4-13-6)11(16)10(15)5-17-7(2)14/h3-4,10-11,15-16H,5,12H2,1-2H3. The van der Waals surface area contributed by atoms with Gasteiger partial charge in [0.1, 0.15) is 6.10 Å². The van der Waals surface area contributed by atoms with Crippen LogP contribution in [0.25, 0.3) is 0 Å². The van der Waals surface area contributed by atoms with Gasteiger partial charge in [-0.1, -0.05) is 11.8 Å². The van der Waals surface area contributed by atoms with Crippen LogP contribution < -0.4 is 5.73 Å². The Morgan fingerprint density at radius 1 is 1.59 bits per heavy atom. The quantitative estimate of drug-likeness (QED) is 0.732. The van der Waals surface area contributed by atoms with Gasteiger partial charge < -0.3 is 15.9 Å². The lowest BCUT2D eigenvalue weighted by molar-refractivity contribution is -0.109. The molecule has 5 nitrogen and oxygen atoms in total. The predicted octanol–water partition coefficient (Wildman–Crippen LogP) is 0.646. The zero-order valence-corrected chi connectivity index (χ0v) is 10.6. The number of nitrogens with two attached hydrogens (primary N) is 1. The van der Waals surface area contributed by atoms with Crippen molar-refractivity contribution in [2.24, 2.45) is 0 Å². The molecule has 2 unspecified atom stereocenters. The number of aliphatic hydroxyl groups is 2. The molecule has 6 heteroatoms. The van der Waals surface area contributed by atoms with Crippen molar-refractivity contribution in [3.05, 3.63) is 23.5 Å². The Bertz CT molecular complexity index is 412. The Morgan fingerprint density at radius 2 is 2.24 bits per heavy atom. The maximum Gasteiger partial charge on any atom is 0.185 e. The number of anilines is 1. The fourth-order valence-electron chi connectivity index (χ4n) is 1.37. The minimum Gasteiger partial charge on any atom is -0.397 e. The number of thioether (sulfide) groups is 1. The van der Waals surface area contributed by atoms with E-state index in [9.17, 15) is 15.0 Å². The number of rotatable bonds is 4. The maximum absolute atomic E-state index is 10.8. The topological polar surface area (TPSA) is 96.4 Å². The minimum atomic E-state index is -1.09. The maximum atomic E-state index is 10.8. The number of hydrogen-bond acceptors (Lipinski definition) is 6. The molecule has 0 saturated heterocycles. The highest BCUT2D eigenvalue weighted by atomic mass is 32.2. The summed E-state index contributed by atoms with van der Waals surface area (Å²) in [7, 11) is 0. The number of nitrogens with zero attached hydrogens (tertiary/aromatic N) is 1. The van der Waals surface area contributed by atoms with Crippen molar-refractivity contribution in [1.29, 1.82) is 0 Å². The van der Waals surface area contributed by atoms with E-state index in [1.807, 2.05) is 0 Å². The number of carbonyl (C=O) groups is 1. The summed E-state index contributed by atoms with van der Waals surface area (Å²) in [6.07, 6.45) is -0.619. The van der Waals surface area contributed by atoms with Gasteiger partial charge in [-0.2, -0.15) is 0 Å². The lowest BCUT2D eigenvalue weighted by Crippen LogP contribution is -2.22. The van der Waals surface area contributed by atoms with E-state index in [2.05, 4.69) is 4.98 Å². The van der Waals surface area contributed by atoms with Crippen molar-refractivity contribution in [1.82, 2.24) is 4.98 Å². The van der Waals surface area contributed by atoms with Gasteiger partial charge in [0.05, 0.1) is 18.0 Å². The minimum absolute atomic E-state index is 0.0985. The second-order valence-electron chi connectivity index (χ2n) is 3.76. The van der Waals surface area contributed by atoms with Crippen LogP contribution in [-0.2, 0) is 4.79 Å². The van der Waals surface area contributed by atoms with E-state index in [0.717, 1.165) is 11.8 Å². The summed E-state index contributed by atoms with van der Waals surface area (Å²) in [6.45, 7) is 3.14. The first-order valence-electron chi connectivity index (χ1n) is 5.13. The molecule has 0 aliphatic carbocycles. The average Bonchev–Trinajstić information content (AvgIpc) is 2.28. The Kier molecular flexibility index (Phi) is 4.92. The first-order chi connectivity index (χ1) is 7.91. The summed E-state index contributed by atoms with van der Waals surface area (Å²) in [6, 6.07) is 1.58. The number of pyridine rings is 1. The number of nitrogen functional groups attached to an aromatic ring is 1. The molecule has 0 amide bonds. The lowest BCUT2D eigenvalue weighted by Gasteiger charge is -2.19. The summed E-state index contributed by atoms with van der Waals surface area (Å²) in [5, 5.41) is 19.6. The van der Waals surface area contributed by atoms with E-state index in [1.165, 1.54) is 13.1 Å². The molecule has 0 radical (unpaired) electrons. The van der Waals surface area contributed by atoms with Crippen LogP contribution in [0.1, 0.15) is 24.3 Å². The molecule has 17 heavy (non-hydrogen) atoms. The zero-order valence-electron chi connectivity index (χ0n) is 9.75. The first-order valence-corrected chi connectivity index (χ1v) is 6.12. The third-order valence-corrected chi connectivity index (χ3v) is 3.20. The first kappa shape index (κ1) is 14.0. The van der Waals surface area contributed by atoms with Gasteiger partial charge in [-0.25, -0.2) is 0 Å². The van der Waals surface area contributed by atoms with Crippen molar-refractivity contribution in [3.63, 3.8) is 0 Å². The summed E-state index contributed by atoms with van der Waals surface area (Å²) >= 11 is 0.972. The second kappa shape index (κ2) is 6.00. The van der Waals surface area contributed by atoms with Crippen LogP contribution in [0.2, 0.25) is 0 Å². The molecule has 0 aliphatic rings. The van der Waals surface area contributed by atoms with Gasteiger partial charge in [0.25, 0.3) is 0 Å². The average molecular weight is 256 g/mol. The van der Waals surface area contributed by atoms with E-state index < -0.39 is 12.2 Å². The third kappa shape index (κ3) is 3.99. The molecule has 0 bridgehead atoms. The highest BCUT2D eigenvalue weighted by Crippen LogP contribution is 2.23. The molecule has 0 aliphatic heterocycles. The van der Waals surface area contributed by atoms with Crippen LogP contribution in [0.4, 0.5) is 5.69 Å². The number of hydrogen-bond donors (Lipinski definition) is 3. The van der Waals surface area contributed by atoms with Gasteiger partial charge in [0.15, 0.2) is 5.12 Å². The normalized spacial score (nSPS) is 14.4. The predicted molar refractivity (Wildman–Crippen MR) is 67.5 cm³/mol. The molecule has 1 aromatic heterocycles. The summed E-state index contributed by atoms with van der Waals surface area (Å²) in [4.78, 5) is 14.8. The monoisotopic (exact) mass is 256 g/mol. The Morgan fingerprint density at radius 3 is 2.82 bits per heavy atom. The molecule has 94 valence electrons. The van der Waals surface area contributed by atoms with Crippen LogP contribution >= 0.6 is 11.8 Å². The van der Waals surface area contributed by atoms with Crippen molar-refractivity contribution in [2.75, 3.05) is 11.5 Å². The lowest BCUT2D eigenvalue weighted by atomic mass is 10.0. The largest absolute Gasteiger partial charge is 0.397 e. The van der Waals surface area contributed by atoms with Crippen molar-refractivity contribution >= 4 is 22.6 Å². The molecule has 0 fully saturated rings. The fourth-order valence-corrected chi connectivity index (χ4v) is 1.96. The Labute approximate surface area is 104 Å². The Hall–Kier alpha value is -1.11. The van der Waals surface area contributed by atoms with Crippen LogP contribution in [-0.4, -0.2) is 32.2 Å². The van der Waals surface area contributed by atoms with Crippen molar-refractivity contribution in [3.8, 4) is 0 Å². The molecule has 4 N–H and O–H groups in total.